The number of thioether (sulfide) groups is 1. The Kier molecular flexibility index (Phi) is 5.75. The molecule has 0 aromatic heterocycles. The Morgan fingerprint density at radius 2 is 2.20 bits per heavy atom. The predicted octanol–water partition coefficient (Wildman–Crippen LogP) is 1.95. The summed E-state index contributed by atoms with van der Waals surface area (Å²) < 4.78 is 0. The third kappa shape index (κ3) is 4.22. The quantitative estimate of drug-likeness (QED) is 0.868. The number of hydrogen-bond acceptors (Lipinski definition) is 5. The maximum absolute atomic E-state index is 12.8. The van der Waals surface area contributed by atoms with Gasteiger partial charge < -0.3 is 10.2 Å². The fourth-order valence-corrected chi connectivity index (χ4v) is 4.13. The second-order valence-electron chi connectivity index (χ2n) is 6.55. The van der Waals surface area contributed by atoms with Gasteiger partial charge in [-0.05, 0) is 50.0 Å². The van der Waals surface area contributed by atoms with Crippen LogP contribution in [0.1, 0.15) is 28.8 Å². The van der Waals surface area contributed by atoms with Crippen LogP contribution in [0.5, 0.6) is 0 Å². The number of rotatable bonds is 5. The molecule has 25 heavy (non-hydrogen) atoms. The molecule has 1 atom stereocenters. The fraction of sp³-hybridized carbons (Fsp3) is 0.500. The van der Waals surface area contributed by atoms with Crippen molar-refractivity contribution in [2.24, 2.45) is 5.92 Å². The summed E-state index contributed by atoms with van der Waals surface area (Å²) >= 11 is 1.03. The summed E-state index contributed by atoms with van der Waals surface area (Å²) in [6.07, 6.45) is 2.16. The Labute approximate surface area is 151 Å². The normalized spacial score (nSPS) is 21.1. The van der Waals surface area contributed by atoms with Gasteiger partial charge in [-0.2, -0.15) is 0 Å². The number of amides is 3. The second kappa shape index (κ2) is 8.01. The third-order valence-corrected chi connectivity index (χ3v) is 5.51. The van der Waals surface area contributed by atoms with Crippen LogP contribution < -0.4 is 5.32 Å². The number of carbonyl (C=O) groups is 3. The van der Waals surface area contributed by atoms with Gasteiger partial charge >= 0.3 is 0 Å². The number of imide groups is 1. The SMILES string of the molecule is CNCC1CCCN(C(=O)c2cccc(CN3C(=O)CSC3=O)c2)C1. The number of likely N-dealkylation sites (tertiary alicyclic amines) is 1. The molecule has 7 heteroatoms. The zero-order valence-corrected chi connectivity index (χ0v) is 15.2. The first-order valence-electron chi connectivity index (χ1n) is 8.58. The molecule has 0 spiro atoms. The molecule has 1 aromatic carbocycles. The van der Waals surface area contributed by atoms with Crippen molar-refractivity contribution in [2.45, 2.75) is 19.4 Å². The summed E-state index contributed by atoms with van der Waals surface area (Å²) in [4.78, 5) is 39.5. The van der Waals surface area contributed by atoms with E-state index in [1.54, 1.807) is 12.1 Å². The Balaban J connectivity index is 1.69. The van der Waals surface area contributed by atoms with Crippen molar-refractivity contribution in [2.75, 3.05) is 32.4 Å². The van der Waals surface area contributed by atoms with Crippen LogP contribution in [0, 0.1) is 5.92 Å². The highest BCUT2D eigenvalue weighted by molar-refractivity contribution is 8.14. The fourth-order valence-electron chi connectivity index (χ4n) is 3.41. The molecule has 2 aliphatic heterocycles. The van der Waals surface area contributed by atoms with Crippen LogP contribution >= 0.6 is 11.8 Å². The maximum atomic E-state index is 12.8. The van der Waals surface area contributed by atoms with Crippen molar-refractivity contribution < 1.29 is 14.4 Å². The molecule has 2 heterocycles. The van der Waals surface area contributed by atoms with E-state index < -0.39 is 0 Å². The molecule has 0 aliphatic carbocycles. The molecule has 134 valence electrons. The van der Waals surface area contributed by atoms with Crippen molar-refractivity contribution in [3.05, 3.63) is 35.4 Å². The number of carbonyl (C=O) groups excluding carboxylic acids is 3. The molecule has 3 rings (SSSR count). The molecule has 0 radical (unpaired) electrons. The average Bonchev–Trinajstić information content (AvgIpc) is 2.94. The molecular weight excluding hydrogens is 338 g/mol. The highest BCUT2D eigenvalue weighted by Crippen LogP contribution is 2.22. The van der Waals surface area contributed by atoms with E-state index in [0.717, 1.165) is 49.8 Å². The van der Waals surface area contributed by atoms with Gasteiger partial charge in [0.25, 0.3) is 11.1 Å². The standard InChI is InChI=1S/C18H23N3O3S/c1-19-9-14-5-3-7-20(10-14)17(23)15-6-2-4-13(8-15)11-21-16(22)12-25-18(21)24/h2,4,6,8,14,19H,3,5,7,9-12H2,1H3. The van der Waals surface area contributed by atoms with E-state index in [4.69, 9.17) is 0 Å². The zero-order valence-electron chi connectivity index (χ0n) is 14.4. The van der Waals surface area contributed by atoms with E-state index in [2.05, 4.69) is 5.32 Å². The molecule has 3 amide bonds. The van der Waals surface area contributed by atoms with Crippen molar-refractivity contribution in [1.29, 1.82) is 0 Å². The lowest BCUT2D eigenvalue weighted by atomic mass is 9.97. The van der Waals surface area contributed by atoms with E-state index >= 15 is 0 Å². The first-order valence-corrected chi connectivity index (χ1v) is 9.57. The average molecular weight is 361 g/mol. The van der Waals surface area contributed by atoms with Crippen LogP contribution in [0.15, 0.2) is 24.3 Å². The van der Waals surface area contributed by atoms with Crippen molar-refractivity contribution in [3.63, 3.8) is 0 Å². The van der Waals surface area contributed by atoms with Gasteiger partial charge in [-0.1, -0.05) is 23.9 Å². The molecule has 0 saturated carbocycles. The van der Waals surface area contributed by atoms with Gasteiger partial charge in [0, 0.05) is 18.7 Å². The smallest absolute Gasteiger partial charge is 0.289 e. The number of piperidine rings is 1. The summed E-state index contributed by atoms with van der Waals surface area (Å²) in [5, 5.41) is 2.97. The van der Waals surface area contributed by atoms with Gasteiger partial charge in [0.1, 0.15) is 0 Å². The topological polar surface area (TPSA) is 69.7 Å². The minimum atomic E-state index is -0.215. The Bertz CT molecular complexity index is 661. The van der Waals surface area contributed by atoms with Crippen LogP contribution in [0.25, 0.3) is 0 Å². The first kappa shape index (κ1) is 17.9. The number of nitrogens with one attached hydrogen (secondary N) is 1. The Hall–Kier alpha value is -1.86. The van der Waals surface area contributed by atoms with Gasteiger partial charge in [0.05, 0.1) is 12.3 Å². The van der Waals surface area contributed by atoms with E-state index in [1.165, 1.54) is 4.90 Å². The van der Waals surface area contributed by atoms with Gasteiger partial charge in [-0.25, -0.2) is 0 Å². The molecular formula is C18H23N3O3S. The molecule has 2 saturated heterocycles. The third-order valence-electron chi connectivity index (χ3n) is 4.65. The van der Waals surface area contributed by atoms with Gasteiger partial charge in [0.2, 0.25) is 5.91 Å². The highest BCUT2D eigenvalue weighted by Gasteiger charge is 2.30. The van der Waals surface area contributed by atoms with Crippen LogP contribution in [0.2, 0.25) is 0 Å². The molecule has 1 N–H and O–H groups in total. The lowest BCUT2D eigenvalue weighted by molar-refractivity contribution is -0.125. The Morgan fingerprint density at radius 1 is 1.36 bits per heavy atom. The number of benzene rings is 1. The van der Waals surface area contributed by atoms with E-state index in [9.17, 15) is 14.4 Å². The predicted molar refractivity (Wildman–Crippen MR) is 97.4 cm³/mol. The van der Waals surface area contributed by atoms with Gasteiger partial charge in [-0.3, -0.25) is 19.3 Å². The van der Waals surface area contributed by atoms with E-state index in [-0.39, 0.29) is 29.4 Å². The second-order valence-corrected chi connectivity index (χ2v) is 7.48. The summed E-state index contributed by atoms with van der Waals surface area (Å²) in [7, 11) is 1.93. The minimum absolute atomic E-state index is 0.0242. The lowest BCUT2D eigenvalue weighted by Crippen LogP contribution is -2.42. The van der Waals surface area contributed by atoms with Crippen LogP contribution in [0.3, 0.4) is 0 Å². The summed E-state index contributed by atoms with van der Waals surface area (Å²) in [6.45, 7) is 2.70. The summed E-state index contributed by atoms with van der Waals surface area (Å²) in [5.74, 6) is 0.550. The molecule has 6 nitrogen and oxygen atoms in total. The lowest BCUT2D eigenvalue weighted by Gasteiger charge is -2.33. The minimum Gasteiger partial charge on any atom is -0.338 e. The monoisotopic (exact) mass is 361 g/mol. The highest BCUT2D eigenvalue weighted by atomic mass is 32.2. The van der Waals surface area contributed by atoms with Crippen molar-refractivity contribution >= 4 is 28.8 Å². The maximum Gasteiger partial charge on any atom is 0.289 e. The van der Waals surface area contributed by atoms with Crippen molar-refractivity contribution in [3.8, 4) is 0 Å². The van der Waals surface area contributed by atoms with Crippen LogP contribution in [-0.2, 0) is 11.3 Å². The summed E-state index contributed by atoms with van der Waals surface area (Å²) in [5.41, 5.74) is 1.42. The van der Waals surface area contributed by atoms with Gasteiger partial charge in [-0.15, -0.1) is 0 Å². The Morgan fingerprint density at radius 3 is 2.92 bits per heavy atom. The van der Waals surface area contributed by atoms with E-state index in [0.29, 0.717) is 11.5 Å². The molecule has 1 aromatic rings. The number of nitrogens with zero attached hydrogens (tertiary/aromatic N) is 2. The number of hydrogen-bond donors (Lipinski definition) is 1. The largest absolute Gasteiger partial charge is 0.338 e. The van der Waals surface area contributed by atoms with Crippen molar-refractivity contribution in [1.82, 2.24) is 15.1 Å². The molecule has 2 fully saturated rings. The molecule has 2 aliphatic rings. The van der Waals surface area contributed by atoms with Crippen LogP contribution in [0.4, 0.5) is 4.79 Å². The first-order chi connectivity index (χ1) is 12.1. The van der Waals surface area contributed by atoms with Crippen LogP contribution in [-0.4, -0.2) is 59.3 Å². The van der Waals surface area contributed by atoms with E-state index in [1.807, 2.05) is 24.1 Å². The zero-order chi connectivity index (χ0) is 17.8. The van der Waals surface area contributed by atoms with Gasteiger partial charge in [0.15, 0.2) is 0 Å². The molecule has 0 bridgehead atoms. The summed E-state index contributed by atoms with van der Waals surface area (Å²) in [6, 6.07) is 7.26. The molecule has 1 unspecified atom stereocenters.